The van der Waals surface area contributed by atoms with Gasteiger partial charge in [-0.25, -0.2) is 10.5 Å². The van der Waals surface area contributed by atoms with E-state index in [0.717, 1.165) is 31.3 Å². The highest BCUT2D eigenvalue weighted by Gasteiger charge is 2.40. The van der Waals surface area contributed by atoms with Crippen LogP contribution >= 0.6 is 0 Å². The number of rotatable bonds is 8. The quantitative estimate of drug-likeness (QED) is 0.201. The number of aromatic amines is 1. The molecule has 1 amide bonds. The number of nitrogens with zero attached hydrogens (tertiary/aromatic N) is 1. The summed E-state index contributed by atoms with van der Waals surface area (Å²) in [5.41, 5.74) is 6.21. The van der Waals surface area contributed by atoms with Crippen LogP contribution in [0, 0.1) is 54.3 Å². The fourth-order valence-corrected chi connectivity index (χ4v) is 8.39. The first-order valence-corrected chi connectivity index (χ1v) is 17.0. The van der Waals surface area contributed by atoms with Gasteiger partial charge in [0.2, 0.25) is 5.91 Å². The van der Waals surface area contributed by atoms with Gasteiger partial charge in [0.25, 0.3) is 0 Å². The van der Waals surface area contributed by atoms with Gasteiger partial charge in [0.05, 0.1) is 29.8 Å². The third-order valence-electron chi connectivity index (χ3n) is 10.2. The molecule has 0 spiro atoms. The minimum Gasteiger partial charge on any atom is -0.422 e. The zero-order valence-electron chi connectivity index (χ0n) is 29.6. The summed E-state index contributed by atoms with van der Waals surface area (Å²) in [6.07, 6.45) is 3.91. The lowest BCUT2D eigenvalue weighted by Gasteiger charge is -2.36. The first-order chi connectivity index (χ1) is 21.6. The number of allylic oxidation sites excluding steroid dienone is 2. The van der Waals surface area contributed by atoms with Crippen LogP contribution in [0.5, 0.6) is 5.75 Å². The molecule has 0 saturated heterocycles. The van der Waals surface area contributed by atoms with Crippen LogP contribution in [0.3, 0.4) is 0 Å². The van der Waals surface area contributed by atoms with E-state index in [4.69, 9.17) is 19.3 Å². The van der Waals surface area contributed by atoms with Crippen molar-refractivity contribution in [2.45, 2.75) is 102 Å². The van der Waals surface area contributed by atoms with Crippen molar-refractivity contribution in [3.63, 3.8) is 0 Å². The molecule has 4 atom stereocenters. The Morgan fingerprint density at radius 1 is 0.826 bits per heavy atom. The Labute approximate surface area is 274 Å². The van der Waals surface area contributed by atoms with Crippen LogP contribution in [-0.4, -0.2) is 35.3 Å². The van der Waals surface area contributed by atoms with Gasteiger partial charge in [-0.15, -0.1) is 0 Å². The lowest BCUT2D eigenvalue weighted by molar-refractivity contribution is -0.149. The minimum absolute atomic E-state index is 0.188. The van der Waals surface area contributed by atoms with Crippen molar-refractivity contribution in [1.29, 1.82) is 0 Å². The molecular weight excluding hydrogens is 584 g/mol. The van der Waals surface area contributed by atoms with E-state index in [1.54, 1.807) is 0 Å². The largest absolute Gasteiger partial charge is 0.422 e. The van der Waals surface area contributed by atoms with E-state index in [-0.39, 0.29) is 64.9 Å². The smallest absolute Gasteiger partial charge is 0.315 e. The Hall–Kier alpha value is -3.40. The van der Waals surface area contributed by atoms with Gasteiger partial charge in [-0.1, -0.05) is 41.5 Å². The SMILES string of the molecule is CCONc1[nH]c(/C(C)=C2\N=C(NC(C)=O)C(OC(=O)C3C(C)CC(C)CC3C)=C2C)c(C)c1OC(=O)C1C(C)CC(C)CC1C. The molecule has 2 fully saturated rings. The normalized spacial score (nSPS) is 30.9. The number of amides is 1. The fourth-order valence-electron chi connectivity index (χ4n) is 8.39. The average molecular weight is 639 g/mol. The first kappa shape index (κ1) is 35.5. The lowest BCUT2D eigenvalue weighted by Crippen LogP contribution is -2.37. The highest BCUT2D eigenvalue weighted by molar-refractivity contribution is 6.11. The second-order valence-electron chi connectivity index (χ2n) is 14.4. The Morgan fingerprint density at radius 3 is 1.80 bits per heavy atom. The van der Waals surface area contributed by atoms with Crippen molar-refractivity contribution in [3.05, 3.63) is 28.3 Å². The predicted molar refractivity (Wildman–Crippen MR) is 179 cm³/mol. The maximum atomic E-state index is 13.6. The number of ether oxygens (including phenoxy) is 2. The number of hydrogen-bond donors (Lipinski definition) is 3. The summed E-state index contributed by atoms with van der Waals surface area (Å²) in [5, 5.41) is 2.76. The molecule has 1 aliphatic heterocycles. The molecule has 3 aliphatic rings. The van der Waals surface area contributed by atoms with Crippen LogP contribution < -0.4 is 15.5 Å². The molecular formula is C36H54N4O6. The van der Waals surface area contributed by atoms with Crippen LogP contribution in [0.25, 0.3) is 5.57 Å². The summed E-state index contributed by atoms with van der Waals surface area (Å²) in [7, 11) is 0. The summed E-state index contributed by atoms with van der Waals surface area (Å²) >= 11 is 0. The van der Waals surface area contributed by atoms with E-state index in [0.29, 0.717) is 52.5 Å². The molecule has 0 radical (unpaired) electrons. The van der Waals surface area contributed by atoms with Crippen LogP contribution in [0.1, 0.15) is 106 Å². The maximum absolute atomic E-state index is 13.6. The van der Waals surface area contributed by atoms with Crippen molar-refractivity contribution in [2.24, 2.45) is 52.3 Å². The van der Waals surface area contributed by atoms with Crippen LogP contribution in [0.4, 0.5) is 5.82 Å². The lowest BCUT2D eigenvalue weighted by atomic mass is 9.69. The third kappa shape index (κ3) is 7.42. The highest BCUT2D eigenvalue weighted by atomic mass is 16.6. The number of carbonyl (C=O) groups excluding carboxylic acids is 3. The number of anilines is 1. The van der Waals surface area contributed by atoms with Crippen molar-refractivity contribution in [1.82, 2.24) is 10.3 Å². The number of carbonyl (C=O) groups is 3. The van der Waals surface area contributed by atoms with Crippen LogP contribution in [-0.2, 0) is 24.0 Å². The standard InChI is InChI=1S/C36H54N4O6/c1-12-44-40-34-32(46-36(43)28-21(6)15-18(3)16-22(28)7)25(10)30(39-34)23(8)29-24(9)31(33(38-29)37-26(11)41)45-35(42)27-19(4)13-17(2)14-20(27)5/h17-22,27-28,39-40H,12-16H2,1-11H3,(H,37,38,41)/b29-23-. The van der Waals surface area contributed by atoms with E-state index in [9.17, 15) is 14.4 Å². The second kappa shape index (κ2) is 14.6. The summed E-state index contributed by atoms with van der Waals surface area (Å²) < 4.78 is 12.2. The molecule has 46 heavy (non-hydrogen) atoms. The number of esters is 2. The Kier molecular flexibility index (Phi) is 11.2. The van der Waals surface area contributed by atoms with Gasteiger partial charge in [-0.2, -0.15) is 0 Å². The maximum Gasteiger partial charge on any atom is 0.315 e. The molecule has 2 aliphatic carbocycles. The molecule has 3 N–H and O–H groups in total. The van der Waals surface area contributed by atoms with Gasteiger partial charge < -0.3 is 19.8 Å². The van der Waals surface area contributed by atoms with E-state index >= 15 is 0 Å². The number of amidine groups is 1. The Morgan fingerprint density at radius 2 is 1.33 bits per heavy atom. The van der Waals surface area contributed by atoms with Crippen molar-refractivity contribution in [2.75, 3.05) is 12.1 Å². The molecule has 1 aromatic rings. The van der Waals surface area contributed by atoms with Crippen LogP contribution in [0.15, 0.2) is 22.0 Å². The summed E-state index contributed by atoms with van der Waals surface area (Å²) in [4.78, 5) is 53.0. The fraction of sp³-hybridized carbons (Fsp3) is 0.667. The van der Waals surface area contributed by atoms with E-state index < -0.39 is 0 Å². The predicted octanol–water partition coefficient (Wildman–Crippen LogP) is 7.32. The van der Waals surface area contributed by atoms with Crippen molar-refractivity contribution < 1.29 is 28.7 Å². The molecule has 4 unspecified atom stereocenters. The number of hydrogen-bond acceptors (Lipinski definition) is 8. The van der Waals surface area contributed by atoms with E-state index in [2.05, 4.69) is 57.3 Å². The average Bonchev–Trinajstić information content (AvgIpc) is 3.41. The van der Waals surface area contributed by atoms with Gasteiger partial charge in [0.15, 0.2) is 23.2 Å². The molecule has 0 bridgehead atoms. The number of nitrogens with one attached hydrogen (secondary N) is 3. The summed E-state index contributed by atoms with van der Waals surface area (Å²) in [6, 6.07) is 0. The molecule has 2 saturated carbocycles. The number of H-pyrrole nitrogens is 1. The highest BCUT2D eigenvalue weighted by Crippen LogP contribution is 2.43. The zero-order chi connectivity index (χ0) is 34.0. The molecule has 254 valence electrons. The van der Waals surface area contributed by atoms with E-state index in [1.807, 2.05) is 27.7 Å². The number of aromatic nitrogens is 1. The third-order valence-corrected chi connectivity index (χ3v) is 10.2. The first-order valence-electron chi connectivity index (χ1n) is 17.0. The van der Waals surface area contributed by atoms with Crippen LogP contribution in [0.2, 0.25) is 0 Å². The van der Waals surface area contributed by atoms with Gasteiger partial charge in [-0.3, -0.25) is 19.2 Å². The molecule has 4 rings (SSSR count). The van der Waals surface area contributed by atoms with Gasteiger partial charge in [-0.05, 0) is 94.5 Å². The van der Waals surface area contributed by atoms with E-state index in [1.165, 1.54) is 6.92 Å². The molecule has 2 heterocycles. The summed E-state index contributed by atoms with van der Waals surface area (Å²) in [6.45, 7) is 22.2. The topological polar surface area (TPSA) is 131 Å². The molecule has 1 aromatic heterocycles. The molecule has 10 nitrogen and oxygen atoms in total. The monoisotopic (exact) mass is 638 g/mol. The van der Waals surface area contributed by atoms with Crippen molar-refractivity contribution >= 4 is 35.1 Å². The minimum atomic E-state index is -0.318. The van der Waals surface area contributed by atoms with Crippen molar-refractivity contribution in [3.8, 4) is 5.75 Å². The number of aliphatic imine (C=N–C) groups is 1. The Bertz CT molecular complexity index is 1410. The zero-order valence-corrected chi connectivity index (χ0v) is 29.6. The second-order valence-corrected chi connectivity index (χ2v) is 14.4. The van der Waals surface area contributed by atoms with Gasteiger partial charge in [0.1, 0.15) is 0 Å². The van der Waals surface area contributed by atoms with Gasteiger partial charge >= 0.3 is 11.9 Å². The summed E-state index contributed by atoms with van der Waals surface area (Å²) in [5.74, 6) is 1.90. The van der Waals surface area contributed by atoms with Gasteiger partial charge in [0, 0.05) is 18.1 Å². The Balaban J connectivity index is 1.70. The molecule has 10 heteroatoms. The molecule has 0 aromatic carbocycles.